The number of hydrogen-bond acceptors (Lipinski definition) is 5. The summed E-state index contributed by atoms with van der Waals surface area (Å²) >= 11 is 0. The zero-order valence-electron chi connectivity index (χ0n) is 20.1. The lowest BCUT2D eigenvalue weighted by molar-refractivity contribution is 0.131. The van der Waals surface area contributed by atoms with Gasteiger partial charge in [-0.3, -0.25) is 4.90 Å². The van der Waals surface area contributed by atoms with Gasteiger partial charge in [0.1, 0.15) is 0 Å². The van der Waals surface area contributed by atoms with Gasteiger partial charge in [-0.1, -0.05) is 31.2 Å². The van der Waals surface area contributed by atoms with E-state index in [-0.39, 0.29) is 6.03 Å². The van der Waals surface area contributed by atoms with Gasteiger partial charge in [0.05, 0.1) is 14.2 Å². The number of hydrogen-bond donors (Lipinski definition) is 1. The number of rotatable bonds is 7. The molecule has 2 aliphatic rings. The number of likely N-dealkylation sites (N-methyl/N-ethyl adjacent to an activating group) is 1. The fourth-order valence-corrected chi connectivity index (χ4v) is 4.73. The first kappa shape index (κ1) is 23.4. The molecule has 0 unspecified atom stereocenters. The SMILES string of the molecule is CCN1CCN(Cc2ccccc2CNC(=O)N2CCc3cc(OC)c(OC)cc3C2)CC1. The number of piperazine rings is 1. The van der Waals surface area contributed by atoms with Crippen molar-refractivity contribution in [2.24, 2.45) is 0 Å². The number of amides is 2. The van der Waals surface area contributed by atoms with Crippen molar-refractivity contribution in [2.45, 2.75) is 33.0 Å². The summed E-state index contributed by atoms with van der Waals surface area (Å²) in [7, 11) is 3.29. The molecule has 0 bridgehead atoms. The van der Waals surface area contributed by atoms with Crippen LogP contribution in [0.2, 0.25) is 0 Å². The Morgan fingerprint density at radius 2 is 1.55 bits per heavy atom. The van der Waals surface area contributed by atoms with Crippen molar-refractivity contribution in [1.82, 2.24) is 20.0 Å². The van der Waals surface area contributed by atoms with E-state index in [9.17, 15) is 4.79 Å². The third kappa shape index (κ3) is 5.60. The molecule has 7 heteroatoms. The second-order valence-electron chi connectivity index (χ2n) is 8.79. The molecule has 2 aromatic carbocycles. The molecule has 0 atom stereocenters. The Morgan fingerprint density at radius 1 is 0.909 bits per heavy atom. The number of urea groups is 1. The summed E-state index contributed by atoms with van der Waals surface area (Å²) in [4.78, 5) is 19.8. The van der Waals surface area contributed by atoms with Gasteiger partial charge in [-0.25, -0.2) is 4.79 Å². The third-order valence-electron chi connectivity index (χ3n) is 6.86. The van der Waals surface area contributed by atoms with Crippen molar-refractivity contribution in [3.05, 3.63) is 58.7 Å². The van der Waals surface area contributed by atoms with Crippen LogP contribution in [0, 0.1) is 0 Å². The van der Waals surface area contributed by atoms with Crippen molar-refractivity contribution >= 4 is 6.03 Å². The molecule has 4 rings (SSSR count). The van der Waals surface area contributed by atoms with E-state index in [4.69, 9.17) is 9.47 Å². The topological polar surface area (TPSA) is 57.3 Å². The van der Waals surface area contributed by atoms with E-state index in [1.807, 2.05) is 17.0 Å². The molecule has 1 fully saturated rings. The number of ether oxygens (including phenoxy) is 2. The van der Waals surface area contributed by atoms with Gasteiger partial charge in [0, 0.05) is 52.4 Å². The maximum Gasteiger partial charge on any atom is 0.317 e. The van der Waals surface area contributed by atoms with Crippen molar-refractivity contribution in [1.29, 1.82) is 0 Å². The normalized spacial score (nSPS) is 16.9. The molecule has 2 aromatic rings. The number of nitrogens with zero attached hydrogens (tertiary/aromatic N) is 3. The van der Waals surface area contributed by atoms with Crippen LogP contribution in [0.5, 0.6) is 11.5 Å². The Balaban J connectivity index is 1.35. The molecule has 0 radical (unpaired) electrons. The maximum atomic E-state index is 13.0. The number of fused-ring (bicyclic) bond motifs is 1. The molecular weight excluding hydrogens is 416 g/mol. The van der Waals surface area contributed by atoms with Crippen molar-refractivity contribution in [2.75, 3.05) is 53.5 Å². The first-order valence-corrected chi connectivity index (χ1v) is 11.9. The zero-order chi connectivity index (χ0) is 23.2. The van der Waals surface area contributed by atoms with Crippen LogP contribution in [-0.2, 0) is 26.1 Å². The van der Waals surface area contributed by atoms with Gasteiger partial charge in [0.25, 0.3) is 0 Å². The van der Waals surface area contributed by atoms with Gasteiger partial charge in [-0.05, 0) is 47.4 Å². The molecular formula is C26H36N4O3. The highest BCUT2D eigenvalue weighted by atomic mass is 16.5. The van der Waals surface area contributed by atoms with Gasteiger partial charge in [-0.2, -0.15) is 0 Å². The average molecular weight is 453 g/mol. The summed E-state index contributed by atoms with van der Waals surface area (Å²) in [6.45, 7) is 10.5. The largest absolute Gasteiger partial charge is 0.493 e. The van der Waals surface area contributed by atoms with Gasteiger partial charge in [-0.15, -0.1) is 0 Å². The maximum absolute atomic E-state index is 13.0. The molecule has 0 saturated carbocycles. The summed E-state index contributed by atoms with van der Waals surface area (Å²) in [5.74, 6) is 1.44. The van der Waals surface area contributed by atoms with E-state index in [1.54, 1.807) is 14.2 Å². The lowest BCUT2D eigenvalue weighted by Gasteiger charge is -2.34. The fourth-order valence-electron chi connectivity index (χ4n) is 4.73. The second-order valence-corrected chi connectivity index (χ2v) is 8.79. The average Bonchev–Trinajstić information content (AvgIpc) is 2.87. The summed E-state index contributed by atoms with van der Waals surface area (Å²) < 4.78 is 10.9. The molecule has 178 valence electrons. The zero-order valence-corrected chi connectivity index (χ0v) is 20.1. The van der Waals surface area contributed by atoms with Crippen LogP contribution in [0.3, 0.4) is 0 Å². The quantitative estimate of drug-likeness (QED) is 0.700. The lowest BCUT2D eigenvalue weighted by Crippen LogP contribution is -2.45. The summed E-state index contributed by atoms with van der Waals surface area (Å²) in [5.41, 5.74) is 4.81. The van der Waals surface area contributed by atoms with Gasteiger partial charge in [0.15, 0.2) is 11.5 Å². The van der Waals surface area contributed by atoms with E-state index in [2.05, 4.69) is 46.3 Å². The molecule has 2 amide bonds. The molecule has 33 heavy (non-hydrogen) atoms. The number of carbonyl (C=O) groups excluding carboxylic acids is 1. The van der Waals surface area contributed by atoms with Crippen molar-refractivity contribution in [3.63, 3.8) is 0 Å². The van der Waals surface area contributed by atoms with E-state index in [1.165, 1.54) is 16.7 Å². The van der Waals surface area contributed by atoms with Gasteiger partial charge >= 0.3 is 6.03 Å². The molecule has 0 aromatic heterocycles. The Kier molecular flexibility index (Phi) is 7.73. The smallest absolute Gasteiger partial charge is 0.317 e. The van der Waals surface area contributed by atoms with Crippen LogP contribution in [0.4, 0.5) is 4.79 Å². The van der Waals surface area contributed by atoms with Crippen LogP contribution < -0.4 is 14.8 Å². The lowest BCUT2D eigenvalue weighted by atomic mass is 9.99. The molecule has 0 aliphatic carbocycles. The number of benzene rings is 2. The molecule has 1 N–H and O–H groups in total. The van der Waals surface area contributed by atoms with Crippen molar-refractivity contribution < 1.29 is 14.3 Å². The third-order valence-corrected chi connectivity index (χ3v) is 6.86. The molecule has 0 spiro atoms. The number of methoxy groups -OCH3 is 2. The van der Waals surface area contributed by atoms with Crippen LogP contribution >= 0.6 is 0 Å². The molecule has 1 saturated heterocycles. The van der Waals surface area contributed by atoms with Gasteiger partial charge in [0.2, 0.25) is 0 Å². The Hall–Kier alpha value is -2.77. The first-order valence-electron chi connectivity index (χ1n) is 11.9. The van der Waals surface area contributed by atoms with Gasteiger partial charge < -0.3 is 24.6 Å². The van der Waals surface area contributed by atoms with Crippen LogP contribution in [0.1, 0.15) is 29.2 Å². The Labute approximate surface area is 197 Å². The summed E-state index contributed by atoms with van der Waals surface area (Å²) in [6.07, 6.45) is 0.809. The van der Waals surface area contributed by atoms with E-state index < -0.39 is 0 Å². The van der Waals surface area contributed by atoms with Crippen LogP contribution in [0.15, 0.2) is 36.4 Å². The Bertz CT molecular complexity index is 957. The first-order chi connectivity index (χ1) is 16.1. The highest BCUT2D eigenvalue weighted by molar-refractivity contribution is 5.74. The Morgan fingerprint density at radius 3 is 2.21 bits per heavy atom. The second kappa shape index (κ2) is 10.9. The standard InChI is InChI=1S/C26H36N4O3/c1-4-28-11-13-29(14-12-28)18-22-8-6-5-7-21(22)17-27-26(31)30-10-9-20-15-24(32-2)25(33-3)16-23(20)19-30/h5-8,15-16H,4,9-14,17-19H2,1-3H3,(H,27,31). The van der Waals surface area contributed by atoms with E-state index >= 15 is 0 Å². The van der Waals surface area contributed by atoms with Crippen LogP contribution in [0.25, 0.3) is 0 Å². The minimum atomic E-state index is -0.0261. The highest BCUT2D eigenvalue weighted by Crippen LogP contribution is 2.33. The summed E-state index contributed by atoms with van der Waals surface area (Å²) in [5, 5.41) is 3.15. The predicted octanol–water partition coefficient (Wildman–Crippen LogP) is 3.11. The van der Waals surface area contributed by atoms with Crippen molar-refractivity contribution in [3.8, 4) is 11.5 Å². The molecule has 2 aliphatic heterocycles. The fraction of sp³-hybridized carbons (Fsp3) is 0.500. The van der Waals surface area contributed by atoms with E-state index in [0.29, 0.717) is 25.4 Å². The number of nitrogens with one attached hydrogen (secondary N) is 1. The highest BCUT2D eigenvalue weighted by Gasteiger charge is 2.23. The van der Waals surface area contributed by atoms with E-state index in [0.717, 1.165) is 57.0 Å². The molecule has 2 heterocycles. The minimum Gasteiger partial charge on any atom is -0.493 e. The monoisotopic (exact) mass is 452 g/mol. The molecule has 7 nitrogen and oxygen atoms in total. The number of carbonyl (C=O) groups is 1. The minimum absolute atomic E-state index is 0.0261. The van der Waals surface area contributed by atoms with Crippen LogP contribution in [-0.4, -0.2) is 74.2 Å². The summed E-state index contributed by atoms with van der Waals surface area (Å²) in [6, 6.07) is 12.4. The predicted molar refractivity (Wildman–Crippen MR) is 130 cm³/mol.